The van der Waals surface area contributed by atoms with Crippen molar-refractivity contribution in [3.8, 4) is 5.75 Å². The zero-order chi connectivity index (χ0) is 22.0. The molecule has 1 saturated carbocycles. The van der Waals surface area contributed by atoms with Crippen LogP contribution < -0.4 is 5.63 Å². The second kappa shape index (κ2) is 6.81. The van der Waals surface area contributed by atoms with Crippen molar-refractivity contribution in [3.63, 3.8) is 0 Å². The molecule has 5 nitrogen and oxygen atoms in total. The fourth-order valence-corrected chi connectivity index (χ4v) is 6.12. The van der Waals surface area contributed by atoms with Crippen LogP contribution in [-0.2, 0) is 11.2 Å². The van der Waals surface area contributed by atoms with Crippen LogP contribution in [0.3, 0.4) is 0 Å². The van der Waals surface area contributed by atoms with Gasteiger partial charge < -0.3 is 14.6 Å². The lowest BCUT2D eigenvalue weighted by Gasteiger charge is -2.45. The van der Waals surface area contributed by atoms with Crippen molar-refractivity contribution in [2.45, 2.75) is 65.9 Å². The van der Waals surface area contributed by atoms with Gasteiger partial charge in [0, 0.05) is 5.41 Å². The maximum absolute atomic E-state index is 13.3. The predicted octanol–water partition coefficient (Wildman–Crippen LogP) is 4.44. The average molecular weight is 411 g/mol. The molecule has 1 aromatic carbocycles. The normalized spacial score (nSPS) is 28.8. The van der Waals surface area contributed by atoms with Gasteiger partial charge in [-0.2, -0.15) is 0 Å². The van der Waals surface area contributed by atoms with Gasteiger partial charge in [-0.15, -0.1) is 0 Å². The highest BCUT2D eigenvalue weighted by atomic mass is 16.4. The van der Waals surface area contributed by atoms with Gasteiger partial charge in [-0.3, -0.25) is 4.79 Å². The number of carbonyl (C=O) groups is 1. The molecule has 2 aliphatic rings. The summed E-state index contributed by atoms with van der Waals surface area (Å²) in [6.07, 6.45) is 1.96. The summed E-state index contributed by atoms with van der Waals surface area (Å²) in [7, 11) is 0. The Morgan fingerprint density at radius 2 is 1.93 bits per heavy atom. The first-order valence-electron chi connectivity index (χ1n) is 10.8. The molecule has 1 aromatic heterocycles. The molecule has 0 bridgehead atoms. The van der Waals surface area contributed by atoms with Gasteiger partial charge in [0.1, 0.15) is 16.9 Å². The Balaban J connectivity index is 1.97. The lowest BCUT2D eigenvalue weighted by Crippen LogP contribution is -2.55. The standard InChI is InChI=1S/C25H30O5/c1-13(2)11-25(29)22(27)16(5)18-10-9-15(4)24(18,25)12-17-21(26)20-14(3)7-6-8-19(20)30-23(17)28/h6-8,13,15,26,29H,9-12H2,1-5H3. The molecule has 30 heavy (non-hydrogen) atoms. The van der Waals surface area contributed by atoms with Gasteiger partial charge in [-0.05, 0) is 68.6 Å². The van der Waals surface area contributed by atoms with Gasteiger partial charge >= 0.3 is 5.63 Å². The van der Waals surface area contributed by atoms with Crippen LogP contribution >= 0.6 is 0 Å². The fourth-order valence-electron chi connectivity index (χ4n) is 6.12. The number of aliphatic hydroxyl groups is 1. The quantitative estimate of drug-likeness (QED) is 0.728. The molecule has 0 saturated heterocycles. The number of rotatable bonds is 4. The van der Waals surface area contributed by atoms with E-state index in [0.29, 0.717) is 23.0 Å². The Morgan fingerprint density at radius 3 is 2.60 bits per heavy atom. The van der Waals surface area contributed by atoms with E-state index in [1.807, 2.05) is 33.8 Å². The molecule has 1 heterocycles. The summed E-state index contributed by atoms with van der Waals surface area (Å²) in [5.74, 6) is -0.252. The predicted molar refractivity (Wildman–Crippen MR) is 116 cm³/mol. The van der Waals surface area contributed by atoms with Gasteiger partial charge in [0.2, 0.25) is 0 Å². The Labute approximate surface area is 176 Å². The molecular weight excluding hydrogens is 380 g/mol. The number of aromatic hydroxyl groups is 1. The fraction of sp³-hybridized carbons (Fsp3) is 0.520. The van der Waals surface area contributed by atoms with Crippen LogP contribution in [0, 0.1) is 24.2 Å². The van der Waals surface area contributed by atoms with Crippen LogP contribution in [0.5, 0.6) is 5.75 Å². The number of aryl methyl sites for hydroxylation is 1. The van der Waals surface area contributed by atoms with Crippen LogP contribution in [0.4, 0.5) is 0 Å². The summed E-state index contributed by atoms with van der Waals surface area (Å²) in [4.78, 5) is 26.2. The third-order valence-corrected chi connectivity index (χ3v) is 7.48. The van der Waals surface area contributed by atoms with Gasteiger partial charge in [0.25, 0.3) is 0 Å². The molecule has 2 N–H and O–H groups in total. The molecule has 160 valence electrons. The first-order chi connectivity index (χ1) is 14.0. The first-order valence-corrected chi connectivity index (χ1v) is 10.8. The minimum Gasteiger partial charge on any atom is -0.507 e. The second-order valence-electron chi connectivity index (χ2n) is 9.64. The van der Waals surface area contributed by atoms with Crippen LogP contribution in [0.2, 0.25) is 0 Å². The largest absolute Gasteiger partial charge is 0.507 e. The smallest absolute Gasteiger partial charge is 0.343 e. The molecule has 2 aromatic rings. The monoisotopic (exact) mass is 410 g/mol. The summed E-state index contributed by atoms with van der Waals surface area (Å²) in [6.45, 7) is 9.64. The minimum atomic E-state index is -1.59. The van der Waals surface area contributed by atoms with Gasteiger partial charge in [0.15, 0.2) is 5.78 Å². The molecule has 0 aliphatic heterocycles. The third kappa shape index (κ3) is 2.57. The van der Waals surface area contributed by atoms with Crippen LogP contribution in [0.25, 0.3) is 11.0 Å². The third-order valence-electron chi connectivity index (χ3n) is 7.48. The first kappa shape index (κ1) is 20.9. The molecular formula is C25H30O5. The molecule has 0 spiro atoms. The topological polar surface area (TPSA) is 87.7 Å². The van der Waals surface area contributed by atoms with E-state index in [-0.39, 0.29) is 35.4 Å². The number of benzene rings is 1. The molecule has 5 heteroatoms. The van der Waals surface area contributed by atoms with E-state index in [2.05, 4.69) is 0 Å². The Morgan fingerprint density at radius 1 is 1.23 bits per heavy atom. The number of Topliss-reactive ketones (excluding diaryl/α,β-unsaturated/α-hetero) is 1. The van der Waals surface area contributed by atoms with Crippen molar-refractivity contribution < 1.29 is 19.4 Å². The minimum absolute atomic E-state index is 0.0102. The molecule has 0 amide bonds. The Bertz CT molecular complexity index is 1140. The van der Waals surface area contributed by atoms with Crippen molar-refractivity contribution in [1.82, 2.24) is 0 Å². The average Bonchev–Trinajstić information content (AvgIpc) is 3.06. The highest BCUT2D eigenvalue weighted by molar-refractivity contribution is 6.06. The van der Waals surface area contributed by atoms with E-state index in [0.717, 1.165) is 24.0 Å². The van der Waals surface area contributed by atoms with Crippen molar-refractivity contribution >= 4 is 16.8 Å². The number of ketones is 1. The highest BCUT2D eigenvalue weighted by Gasteiger charge is 2.66. The van der Waals surface area contributed by atoms with E-state index in [1.54, 1.807) is 19.1 Å². The SMILES string of the molecule is CC1=C2CCC(C)C2(Cc2c(O)c3c(C)cccc3oc2=O)C(O)(CC(C)C)C1=O. The molecule has 0 radical (unpaired) electrons. The summed E-state index contributed by atoms with van der Waals surface area (Å²) < 4.78 is 5.55. The molecule has 3 atom stereocenters. The van der Waals surface area contributed by atoms with Gasteiger partial charge in [0.05, 0.1) is 10.9 Å². The zero-order valence-corrected chi connectivity index (χ0v) is 18.3. The van der Waals surface area contributed by atoms with E-state index in [9.17, 15) is 19.8 Å². The van der Waals surface area contributed by atoms with E-state index in [4.69, 9.17) is 4.42 Å². The van der Waals surface area contributed by atoms with Crippen molar-refractivity contribution in [3.05, 3.63) is 50.9 Å². The lowest BCUT2D eigenvalue weighted by atomic mass is 9.61. The van der Waals surface area contributed by atoms with Crippen LogP contribution in [0.1, 0.15) is 58.1 Å². The maximum Gasteiger partial charge on any atom is 0.343 e. The van der Waals surface area contributed by atoms with E-state index >= 15 is 0 Å². The van der Waals surface area contributed by atoms with Crippen LogP contribution in [-0.4, -0.2) is 21.6 Å². The lowest BCUT2D eigenvalue weighted by molar-refractivity contribution is -0.149. The number of fused-ring (bicyclic) bond motifs is 2. The summed E-state index contributed by atoms with van der Waals surface area (Å²) >= 11 is 0. The number of hydrogen-bond donors (Lipinski definition) is 2. The molecule has 4 rings (SSSR count). The zero-order valence-electron chi connectivity index (χ0n) is 18.3. The summed E-state index contributed by atoms with van der Waals surface area (Å²) in [6, 6.07) is 5.29. The number of hydrogen-bond acceptors (Lipinski definition) is 5. The Kier molecular flexibility index (Phi) is 4.73. The summed E-state index contributed by atoms with van der Waals surface area (Å²) in [5.41, 5.74) is -0.258. The van der Waals surface area contributed by atoms with Gasteiger partial charge in [-0.1, -0.05) is 38.5 Å². The molecule has 1 fully saturated rings. The van der Waals surface area contributed by atoms with Crippen molar-refractivity contribution in [1.29, 1.82) is 0 Å². The van der Waals surface area contributed by atoms with E-state index in [1.165, 1.54) is 0 Å². The Hall–Kier alpha value is -2.40. The molecule has 2 aliphatic carbocycles. The van der Waals surface area contributed by atoms with Crippen molar-refractivity contribution in [2.24, 2.45) is 17.3 Å². The van der Waals surface area contributed by atoms with Gasteiger partial charge in [-0.25, -0.2) is 4.79 Å². The highest BCUT2D eigenvalue weighted by Crippen LogP contribution is 2.63. The van der Waals surface area contributed by atoms with Crippen LogP contribution in [0.15, 0.2) is 38.6 Å². The maximum atomic E-state index is 13.3. The summed E-state index contributed by atoms with van der Waals surface area (Å²) in [5, 5.41) is 23.5. The van der Waals surface area contributed by atoms with E-state index < -0.39 is 16.6 Å². The van der Waals surface area contributed by atoms with Crippen molar-refractivity contribution in [2.75, 3.05) is 0 Å². The number of carbonyl (C=O) groups excluding carboxylic acids is 1. The molecule has 3 unspecified atom stereocenters. The second-order valence-corrected chi connectivity index (χ2v) is 9.64.